The van der Waals surface area contributed by atoms with Gasteiger partial charge in [0.1, 0.15) is 4.47 Å². The molecular weight excluding hydrogens is 342 g/mol. The second-order valence-electron chi connectivity index (χ2n) is 5.14. The molecule has 1 rings (SSSR count). The lowest BCUT2D eigenvalue weighted by Crippen LogP contribution is -2.33. The highest BCUT2D eigenvalue weighted by molar-refractivity contribution is 9.10. The maximum Gasteiger partial charge on any atom is 0.283 e. The van der Waals surface area contributed by atoms with Gasteiger partial charge in [-0.05, 0) is 35.0 Å². The topological polar surface area (TPSA) is 67.2 Å². The van der Waals surface area contributed by atoms with Crippen molar-refractivity contribution in [1.82, 2.24) is 9.78 Å². The summed E-state index contributed by atoms with van der Waals surface area (Å²) in [4.78, 5) is 12.2. The quantitative estimate of drug-likeness (QED) is 0.776. The molecule has 0 saturated heterocycles. The largest absolute Gasteiger partial charge is 0.395 e. The second kappa shape index (κ2) is 8.05. The summed E-state index contributed by atoms with van der Waals surface area (Å²) in [6, 6.07) is 0.0356. The number of aromatic nitrogens is 2. The van der Waals surface area contributed by atoms with Gasteiger partial charge in [-0.1, -0.05) is 13.8 Å². The Labute approximate surface area is 132 Å². The van der Waals surface area contributed by atoms with E-state index >= 15 is 0 Å². The summed E-state index contributed by atoms with van der Waals surface area (Å²) >= 11 is 4.92. The summed E-state index contributed by atoms with van der Waals surface area (Å²) in [5, 5.41) is 16.8. The van der Waals surface area contributed by atoms with Crippen molar-refractivity contribution in [2.45, 2.75) is 38.6 Å². The Balaban J connectivity index is 2.93. The first-order valence-corrected chi connectivity index (χ1v) is 8.64. The van der Waals surface area contributed by atoms with Gasteiger partial charge in [-0.25, -0.2) is 4.68 Å². The van der Waals surface area contributed by atoms with E-state index in [2.05, 4.69) is 26.3 Å². The van der Waals surface area contributed by atoms with Crippen molar-refractivity contribution < 1.29 is 5.11 Å². The number of hydrogen-bond acceptors (Lipinski definition) is 5. The van der Waals surface area contributed by atoms with Gasteiger partial charge in [0.15, 0.2) is 0 Å². The van der Waals surface area contributed by atoms with Crippen LogP contribution < -0.4 is 10.9 Å². The number of hydrogen-bond donors (Lipinski definition) is 2. The number of rotatable bonds is 7. The Hall–Kier alpha value is -0.530. The van der Waals surface area contributed by atoms with E-state index in [4.69, 9.17) is 0 Å². The van der Waals surface area contributed by atoms with Gasteiger partial charge in [0.05, 0.1) is 18.5 Å². The smallest absolute Gasteiger partial charge is 0.283 e. The first-order chi connectivity index (χ1) is 9.40. The predicted molar refractivity (Wildman–Crippen MR) is 88.5 cm³/mol. The van der Waals surface area contributed by atoms with Gasteiger partial charge in [-0.3, -0.25) is 4.79 Å². The number of anilines is 1. The predicted octanol–water partition coefficient (Wildman–Crippen LogP) is 2.19. The molecule has 1 aromatic heterocycles. The molecule has 0 saturated carbocycles. The average molecular weight is 364 g/mol. The van der Waals surface area contributed by atoms with Gasteiger partial charge in [-0.2, -0.15) is 16.9 Å². The number of halogens is 1. The second-order valence-corrected chi connectivity index (χ2v) is 7.01. The normalized spacial score (nSPS) is 14.3. The lowest BCUT2D eigenvalue weighted by atomic mass is 10.2. The van der Waals surface area contributed by atoms with Gasteiger partial charge in [0, 0.05) is 17.8 Å². The molecule has 114 valence electrons. The lowest BCUT2D eigenvalue weighted by molar-refractivity contribution is 0.288. The van der Waals surface area contributed by atoms with E-state index in [1.165, 1.54) is 4.68 Å². The van der Waals surface area contributed by atoms with E-state index < -0.39 is 0 Å². The highest BCUT2D eigenvalue weighted by Crippen LogP contribution is 2.20. The maximum absolute atomic E-state index is 12.2. The molecule has 0 aliphatic carbocycles. The van der Waals surface area contributed by atoms with E-state index in [0.29, 0.717) is 22.6 Å². The van der Waals surface area contributed by atoms with Crippen LogP contribution in [0, 0.1) is 5.92 Å². The summed E-state index contributed by atoms with van der Waals surface area (Å²) < 4.78 is 1.95. The number of nitrogens with one attached hydrogen (secondary N) is 1. The minimum Gasteiger partial charge on any atom is -0.395 e. The molecule has 1 aromatic rings. The molecule has 0 bridgehead atoms. The molecule has 0 spiro atoms. The standard InChI is InChI=1S/C13H22BrN3O2S/c1-8(2)6-17-13(19)12(14)10(5-15-17)16-9(3)11(7-18)20-4/h5,8-9,11,16,18H,6-7H2,1-4H3. The van der Waals surface area contributed by atoms with Crippen LogP contribution in [0.4, 0.5) is 5.69 Å². The minimum absolute atomic E-state index is 0.0356. The van der Waals surface area contributed by atoms with Crippen molar-refractivity contribution in [2.24, 2.45) is 5.92 Å². The van der Waals surface area contributed by atoms with Crippen LogP contribution in [0.15, 0.2) is 15.5 Å². The van der Waals surface area contributed by atoms with Crippen molar-refractivity contribution >= 4 is 33.4 Å². The van der Waals surface area contributed by atoms with E-state index in [0.717, 1.165) is 0 Å². The van der Waals surface area contributed by atoms with Gasteiger partial charge < -0.3 is 10.4 Å². The third-order valence-corrected chi connectivity index (χ3v) is 4.88. The molecule has 2 unspecified atom stereocenters. The van der Waals surface area contributed by atoms with Gasteiger partial charge >= 0.3 is 0 Å². The first-order valence-electron chi connectivity index (χ1n) is 6.56. The van der Waals surface area contributed by atoms with E-state index in [-0.39, 0.29) is 23.5 Å². The molecule has 0 aliphatic heterocycles. The number of aliphatic hydroxyl groups excluding tert-OH is 1. The van der Waals surface area contributed by atoms with Crippen molar-refractivity contribution in [2.75, 3.05) is 18.2 Å². The molecule has 0 aromatic carbocycles. The van der Waals surface area contributed by atoms with Crippen LogP contribution in [-0.2, 0) is 6.54 Å². The summed E-state index contributed by atoms with van der Waals surface area (Å²) in [6.07, 6.45) is 3.60. The number of thioether (sulfide) groups is 1. The molecule has 1 heterocycles. The van der Waals surface area contributed by atoms with Crippen LogP contribution in [0.3, 0.4) is 0 Å². The minimum atomic E-state index is -0.138. The first kappa shape index (κ1) is 17.5. The van der Waals surface area contributed by atoms with Crippen LogP contribution in [0.2, 0.25) is 0 Å². The van der Waals surface area contributed by atoms with Gasteiger partial charge in [0.25, 0.3) is 5.56 Å². The Morgan fingerprint density at radius 3 is 2.65 bits per heavy atom. The highest BCUT2D eigenvalue weighted by Gasteiger charge is 2.17. The van der Waals surface area contributed by atoms with Crippen LogP contribution in [0.5, 0.6) is 0 Å². The molecular formula is C13H22BrN3O2S. The summed E-state index contributed by atoms with van der Waals surface area (Å²) in [7, 11) is 0. The third kappa shape index (κ3) is 4.49. The Kier molecular flexibility index (Phi) is 7.05. The van der Waals surface area contributed by atoms with Gasteiger partial charge in [0.2, 0.25) is 0 Å². The van der Waals surface area contributed by atoms with Crippen molar-refractivity contribution in [1.29, 1.82) is 0 Å². The zero-order valence-corrected chi connectivity index (χ0v) is 14.7. The van der Waals surface area contributed by atoms with E-state index in [1.54, 1.807) is 18.0 Å². The molecule has 2 N–H and O–H groups in total. The van der Waals surface area contributed by atoms with Crippen LogP contribution >= 0.6 is 27.7 Å². The molecule has 7 heteroatoms. The molecule has 2 atom stereocenters. The number of nitrogens with zero attached hydrogens (tertiary/aromatic N) is 2. The third-order valence-electron chi connectivity index (χ3n) is 2.95. The molecule has 0 fully saturated rings. The molecule has 0 aliphatic rings. The van der Waals surface area contributed by atoms with E-state index in [1.807, 2.05) is 27.0 Å². The van der Waals surface area contributed by atoms with E-state index in [9.17, 15) is 9.90 Å². The van der Waals surface area contributed by atoms with Crippen LogP contribution in [0.25, 0.3) is 0 Å². The van der Waals surface area contributed by atoms with Crippen molar-refractivity contribution in [3.05, 3.63) is 21.0 Å². The SMILES string of the molecule is CSC(CO)C(C)Nc1cnn(CC(C)C)c(=O)c1Br. The fraction of sp³-hybridized carbons (Fsp3) is 0.692. The Morgan fingerprint density at radius 1 is 1.50 bits per heavy atom. The van der Waals surface area contributed by atoms with Crippen LogP contribution in [-0.4, -0.2) is 39.0 Å². The molecule has 5 nitrogen and oxygen atoms in total. The average Bonchev–Trinajstić information content (AvgIpc) is 2.39. The molecule has 20 heavy (non-hydrogen) atoms. The molecule has 0 radical (unpaired) electrons. The molecule has 0 amide bonds. The maximum atomic E-state index is 12.2. The Bertz CT molecular complexity index is 489. The monoisotopic (exact) mass is 363 g/mol. The fourth-order valence-electron chi connectivity index (χ4n) is 1.82. The van der Waals surface area contributed by atoms with Crippen molar-refractivity contribution in [3.63, 3.8) is 0 Å². The Morgan fingerprint density at radius 2 is 2.15 bits per heavy atom. The summed E-state index contributed by atoms with van der Waals surface area (Å²) in [5.41, 5.74) is 0.524. The fourth-order valence-corrected chi connectivity index (χ4v) is 2.86. The summed E-state index contributed by atoms with van der Waals surface area (Å²) in [5.74, 6) is 0.361. The van der Waals surface area contributed by atoms with Crippen molar-refractivity contribution in [3.8, 4) is 0 Å². The number of aliphatic hydroxyl groups is 1. The summed E-state index contributed by atoms with van der Waals surface area (Å²) in [6.45, 7) is 6.74. The zero-order valence-electron chi connectivity index (χ0n) is 12.3. The van der Waals surface area contributed by atoms with Gasteiger partial charge in [-0.15, -0.1) is 0 Å². The lowest BCUT2D eigenvalue weighted by Gasteiger charge is -2.23. The zero-order chi connectivity index (χ0) is 15.3. The highest BCUT2D eigenvalue weighted by atomic mass is 79.9. The van der Waals surface area contributed by atoms with Crippen LogP contribution in [0.1, 0.15) is 20.8 Å².